The van der Waals surface area contributed by atoms with Crippen molar-refractivity contribution in [1.29, 1.82) is 0 Å². The third kappa shape index (κ3) is 2.99. The summed E-state index contributed by atoms with van der Waals surface area (Å²) in [6, 6.07) is 5.45. The zero-order valence-electron chi connectivity index (χ0n) is 10.6. The van der Waals surface area contributed by atoms with Gasteiger partial charge in [0.1, 0.15) is 17.5 Å². The van der Waals surface area contributed by atoms with E-state index >= 15 is 0 Å². The van der Waals surface area contributed by atoms with E-state index in [4.69, 9.17) is 39.5 Å². The van der Waals surface area contributed by atoms with E-state index in [-0.39, 0.29) is 0 Å². The molecule has 19 heavy (non-hydrogen) atoms. The Bertz CT molecular complexity index is 596. The summed E-state index contributed by atoms with van der Waals surface area (Å²) in [5, 5.41) is 5.41. The fourth-order valence-electron chi connectivity index (χ4n) is 1.79. The second kappa shape index (κ2) is 6.04. The molecule has 0 aliphatic rings. The van der Waals surface area contributed by atoms with E-state index in [1.54, 1.807) is 17.8 Å². The number of alkyl halides is 1. The van der Waals surface area contributed by atoms with Gasteiger partial charge in [-0.15, -0.1) is 11.6 Å². The monoisotopic (exact) mass is 318 g/mol. The summed E-state index contributed by atoms with van der Waals surface area (Å²) < 4.78 is 7.38. The van der Waals surface area contributed by atoms with Crippen LogP contribution >= 0.6 is 34.8 Å². The normalized spacial score (nSPS) is 10.8. The fourth-order valence-corrected chi connectivity index (χ4v) is 2.60. The van der Waals surface area contributed by atoms with Crippen LogP contribution in [0, 0.1) is 6.92 Å². The molecule has 1 heterocycles. The van der Waals surface area contributed by atoms with Crippen molar-refractivity contribution in [2.45, 2.75) is 19.4 Å². The van der Waals surface area contributed by atoms with Crippen LogP contribution in [0.1, 0.15) is 16.8 Å². The maximum atomic E-state index is 6.15. The molecule has 0 spiro atoms. The molecular formula is C13H13Cl3N2O. The van der Waals surface area contributed by atoms with Crippen LogP contribution < -0.4 is 4.74 Å². The van der Waals surface area contributed by atoms with Crippen LogP contribution in [0.2, 0.25) is 10.2 Å². The van der Waals surface area contributed by atoms with E-state index in [9.17, 15) is 0 Å². The summed E-state index contributed by atoms with van der Waals surface area (Å²) in [5.74, 6) is 0.969. The van der Waals surface area contributed by atoms with Gasteiger partial charge in [-0.25, -0.2) is 0 Å². The standard InChI is InChI=1S/C13H13Cl3N2O/c1-8-10(13(16)18(2)17-8)7-19-12-5-3-4-11(15)9(12)6-14/h3-5H,6-7H2,1-2H3. The van der Waals surface area contributed by atoms with Crippen LogP contribution in [-0.4, -0.2) is 9.78 Å². The summed E-state index contributed by atoms with van der Waals surface area (Å²) in [5.41, 5.74) is 2.50. The van der Waals surface area contributed by atoms with Gasteiger partial charge in [0, 0.05) is 23.2 Å². The van der Waals surface area contributed by atoms with E-state index in [0.29, 0.717) is 28.4 Å². The summed E-state index contributed by atoms with van der Waals surface area (Å²) in [6.45, 7) is 2.23. The number of halogens is 3. The van der Waals surface area contributed by atoms with Gasteiger partial charge < -0.3 is 4.74 Å². The van der Waals surface area contributed by atoms with Crippen LogP contribution in [0.3, 0.4) is 0 Å². The van der Waals surface area contributed by atoms with E-state index < -0.39 is 0 Å². The summed E-state index contributed by atoms with van der Waals surface area (Å²) in [4.78, 5) is 0. The lowest BCUT2D eigenvalue weighted by Gasteiger charge is -2.11. The topological polar surface area (TPSA) is 27.1 Å². The largest absolute Gasteiger partial charge is 0.488 e. The molecule has 0 saturated heterocycles. The van der Waals surface area contributed by atoms with Gasteiger partial charge in [0.25, 0.3) is 0 Å². The maximum Gasteiger partial charge on any atom is 0.133 e. The number of hydrogen-bond acceptors (Lipinski definition) is 2. The third-order valence-electron chi connectivity index (χ3n) is 2.85. The number of aromatic nitrogens is 2. The highest BCUT2D eigenvalue weighted by Crippen LogP contribution is 2.29. The van der Waals surface area contributed by atoms with Crippen LogP contribution in [0.25, 0.3) is 0 Å². The molecule has 0 fully saturated rings. The molecule has 3 nitrogen and oxygen atoms in total. The maximum absolute atomic E-state index is 6.15. The van der Waals surface area contributed by atoms with Gasteiger partial charge in [-0.1, -0.05) is 29.3 Å². The highest BCUT2D eigenvalue weighted by Gasteiger charge is 2.13. The molecule has 2 aromatic rings. The highest BCUT2D eigenvalue weighted by molar-refractivity contribution is 6.32. The summed E-state index contributed by atoms with van der Waals surface area (Å²) in [6.07, 6.45) is 0. The lowest BCUT2D eigenvalue weighted by atomic mass is 10.2. The quantitative estimate of drug-likeness (QED) is 0.783. The average molecular weight is 320 g/mol. The van der Waals surface area contributed by atoms with Crippen molar-refractivity contribution < 1.29 is 4.74 Å². The Morgan fingerprint density at radius 3 is 2.58 bits per heavy atom. The fraction of sp³-hybridized carbons (Fsp3) is 0.308. The molecule has 6 heteroatoms. The van der Waals surface area contributed by atoms with Gasteiger partial charge in [0.2, 0.25) is 0 Å². The first-order valence-electron chi connectivity index (χ1n) is 5.68. The minimum atomic E-state index is 0.300. The molecule has 1 aromatic heterocycles. The second-order valence-corrected chi connectivity index (χ2v) is 5.15. The molecule has 102 valence electrons. The van der Waals surface area contributed by atoms with E-state index in [2.05, 4.69) is 5.10 Å². The van der Waals surface area contributed by atoms with Gasteiger partial charge in [0.15, 0.2) is 0 Å². The molecular weight excluding hydrogens is 307 g/mol. The van der Waals surface area contributed by atoms with Crippen LogP contribution in [0.4, 0.5) is 0 Å². The lowest BCUT2D eigenvalue weighted by molar-refractivity contribution is 0.303. The molecule has 0 aliphatic heterocycles. The van der Waals surface area contributed by atoms with Crippen molar-refractivity contribution in [2.75, 3.05) is 0 Å². The van der Waals surface area contributed by atoms with E-state index in [1.807, 2.05) is 19.1 Å². The van der Waals surface area contributed by atoms with Crippen molar-refractivity contribution >= 4 is 34.8 Å². The number of hydrogen-bond donors (Lipinski definition) is 0. The average Bonchev–Trinajstić information content (AvgIpc) is 2.61. The molecule has 0 saturated carbocycles. The number of rotatable bonds is 4. The molecule has 0 atom stereocenters. The lowest BCUT2D eigenvalue weighted by Crippen LogP contribution is -1.99. The van der Waals surface area contributed by atoms with Crippen LogP contribution in [0.15, 0.2) is 18.2 Å². The van der Waals surface area contributed by atoms with E-state index in [1.165, 1.54) is 0 Å². The van der Waals surface area contributed by atoms with Crippen molar-refractivity contribution in [1.82, 2.24) is 9.78 Å². The zero-order valence-corrected chi connectivity index (χ0v) is 12.9. The van der Waals surface area contributed by atoms with Gasteiger partial charge in [-0.2, -0.15) is 5.10 Å². The molecule has 0 bridgehead atoms. The Morgan fingerprint density at radius 2 is 2.00 bits per heavy atom. The summed E-state index contributed by atoms with van der Waals surface area (Å²) in [7, 11) is 1.79. The summed E-state index contributed by atoms with van der Waals surface area (Å²) >= 11 is 18.1. The Labute approximate surface area is 127 Å². The molecule has 0 amide bonds. The Balaban J connectivity index is 2.21. The first kappa shape index (κ1) is 14.5. The van der Waals surface area contributed by atoms with Gasteiger partial charge in [-0.05, 0) is 19.1 Å². The molecule has 0 aliphatic carbocycles. The molecule has 1 aromatic carbocycles. The van der Waals surface area contributed by atoms with Gasteiger partial charge in [-0.3, -0.25) is 4.68 Å². The number of aryl methyl sites for hydroxylation is 2. The zero-order chi connectivity index (χ0) is 14.0. The Kier molecular flexibility index (Phi) is 4.61. The third-order valence-corrected chi connectivity index (χ3v) is 3.95. The Morgan fingerprint density at radius 1 is 1.26 bits per heavy atom. The predicted molar refractivity (Wildman–Crippen MR) is 78.3 cm³/mol. The van der Waals surface area contributed by atoms with Gasteiger partial charge >= 0.3 is 0 Å². The van der Waals surface area contributed by atoms with Crippen molar-refractivity contribution in [3.05, 3.63) is 45.2 Å². The van der Waals surface area contributed by atoms with E-state index in [0.717, 1.165) is 16.8 Å². The molecule has 2 rings (SSSR count). The van der Waals surface area contributed by atoms with Crippen LogP contribution in [0.5, 0.6) is 5.75 Å². The smallest absolute Gasteiger partial charge is 0.133 e. The van der Waals surface area contributed by atoms with Crippen molar-refractivity contribution in [2.24, 2.45) is 7.05 Å². The Hall–Kier alpha value is -0.900. The molecule has 0 radical (unpaired) electrons. The number of benzene rings is 1. The van der Waals surface area contributed by atoms with Gasteiger partial charge in [0.05, 0.1) is 11.6 Å². The number of nitrogens with zero attached hydrogens (tertiary/aromatic N) is 2. The van der Waals surface area contributed by atoms with Crippen molar-refractivity contribution in [3.63, 3.8) is 0 Å². The first-order valence-corrected chi connectivity index (χ1v) is 6.97. The minimum Gasteiger partial charge on any atom is -0.488 e. The SMILES string of the molecule is Cc1nn(C)c(Cl)c1COc1cccc(Cl)c1CCl. The molecule has 0 unspecified atom stereocenters. The second-order valence-electron chi connectivity index (χ2n) is 4.12. The van der Waals surface area contributed by atoms with Crippen molar-refractivity contribution in [3.8, 4) is 5.75 Å². The highest BCUT2D eigenvalue weighted by atomic mass is 35.5. The minimum absolute atomic E-state index is 0.300. The molecule has 0 N–H and O–H groups in total. The van der Waals surface area contributed by atoms with Crippen LogP contribution in [-0.2, 0) is 19.5 Å². The number of ether oxygens (including phenoxy) is 1. The first-order chi connectivity index (χ1) is 9.04. The predicted octanol–water partition coefficient (Wildman–Crippen LogP) is 4.35.